The van der Waals surface area contributed by atoms with E-state index < -0.39 is 26.0 Å². The zero-order valence-corrected chi connectivity index (χ0v) is 22.4. The Morgan fingerprint density at radius 3 is 2.08 bits per heavy atom. The largest absolute Gasteiger partial charge is 0.322 e. The van der Waals surface area contributed by atoms with Gasteiger partial charge in [0.15, 0.2) is 0 Å². The number of hydrogen-bond acceptors (Lipinski definition) is 7. The molecule has 2 heterocycles. The first-order valence-corrected chi connectivity index (χ1v) is 14.7. The molecular weight excluding hydrogens is 514 g/mol. The van der Waals surface area contributed by atoms with Crippen LogP contribution in [0, 0.1) is 18.8 Å². The van der Waals surface area contributed by atoms with Gasteiger partial charge in [0.2, 0.25) is 16.0 Å². The topological polar surface area (TPSA) is 138 Å². The lowest BCUT2D eigenvalue weighted by Gasteiger charge is -2.34. The summed E-state index contributed by atoms with van der Waals surface area (Å²) in [5, 5.41) is 2.69. The van der Waals surface area contributed by atoms with E-state index in [9.17, 15) is 21.6 Å². The highest BCUT2D eigenvalue weighted by Gasteiger charge is 2.31. The van der Waals surface area contributed by atoms with Crippen LogP contribution in [0.25, 0.3) is 0 Å². The average molecular weight is 544 g/mol. The van der Waals surface area contributed by atoms with Gasteiger partial charge in [0.25, 0.3) is 15.9 Å². The predicted octanol–water partition coefficient (Wildman–Crippen LogP) is 3.50. The molecule has 10 nitrogen and oxygen atoms in total. The first kappa shape index (κ1) is 26.7. The summed E-state index contributed by atoms with van der Waals surface area (Å²) in [6.45, 7) is 6.77. The SMILES string of the molecule is Cc1ccnc(NS(=O)(=O)c2ccc(NC(=O)c3ccc(S(=O)(=O)N4CC(C)CC(C)C4)cc3)cc2)n1. The van der Waals surface area contributed by atoms with Gasteiger partial charge in [0, 0.05) is 36.2 Å². The van der Waals surface area contributed by atoms with Crippen LogP contribution in [-0.2, 0) is 20.0 Å². The third kappa shape index (κ3) is 6.32. The van der Waals surface area contributed by atoms with Gasteiger partial charge in [-0.3, -0.25) is 4.79 Å². The summed E-state index contributed by atoms with van der Waals surface area (Å²) < 4.78 is 55.1. The number of sulfonamides is 2. The molecule has 2 atom stereocenters. The van der Waals surface area contributed by atoms with Crippen LogP contribution >= 0.6 is 0 Å². The van der Waals surface area contributed by atoms with Crippen LogP contribution in [0.1, 0.15) is 36.3 Å². The summed E-state index contributed by atoms with van der Waals surface area (Å²) >= 11 is 0. The second-order valence-corrected chi connectivity index (χ2v) is 13.0. The fraction of sp³-hybridized carbons (Fsp3) is 0.320. The number of benzene rings is 2. The number of amides is 1. The molecule has 1 aromatic heterocycles. The van der Waals surface area contributed by atoms with E-state index >= 15 is 0 Å². The van der Waals surface area contributed by atoms with E-state index in [0.29, 0.717) is 24.5 Å². The van der Waals surface area contributed by atoms with Crippen molar-refractivity contribution in [2.45, 2.75) is 37.0 Å². The normalized spacial score (nSPS) is 18.8. The minimum atomic E-state index is -3.91. The summed E-state index contributed by atoms with van der Waals surface area (Å²) in [5.74, 6) is 0.0893. The van der Waals surface area contributed by atoms with Crippen LogP contribution in [0.3, 0.4) is 0 Å². The Bertz CT molecular complexity index is 1480. The molecular formula is C25H29N5O5S2. The maximum atomic E-state index is 13.1. The van der Waals surface area contributed by atoms with Gasteiger partial charge in [-0.2, -0.15) is 4.31 Å². The fourth-order valence-electron chi connectivity index (χ4n) is 4.33. The molecule has 1 aliphatic rings. The van der Waals surface area contributed by atoms with Gasteiger partial charge in [-0.05, 0) is 79.8 Å². The second-order valence-electron chi connectivity index (χ2n) is 9.40. The third-order valence-electron chi connectivity index (χ3n) is 6.03. The van der Waals surface area contributed by atoms with Gasteiger partial charge >= 0.3 is 0 Å². The number of aryl methyl sites for hydroxylation is 1. The minimum Gasteiger partial charge on any atom is -0.322 e. The number of nitrogens with one attached hydrogen (secondary N) is 2. The molecule has 1 saturated heterocycles. The number of rotatable bonds is 7. The Balaban J connectivity index is 1.42. The Labute approximate surface area is 217 Å². The molecule has 1 aliphatic heterocycles. The van der Waals surface area contributed by atoms with Crippen molar-refractivity contribution in [2.75, 3.05) is 23.1 Å². The van der Waals surface area contributed by atoms with E-state index in [1.54, 1.807) is 13.0 Å². The van der Waals surface area contributed by atoms with Crippen LogP contribution in [0.15, 0.2) is 70.6 Å². The Morgan fingerprint density at radius 1 is 0.892 bits per heavy atom. The molecule has 12 heteroatoms. The first-order valence-electron chi connectivity index (χ1n) is 11.8. The zero-order chi connectivity index (χ0) is 26.8. The lowest BCUT2D eigenvalue weighted by Crippen LogP contribution is -2.42. The quantitative estimate of drug-likeness (QED) is 0.465. The first-order chi connectivity index (χ1) is 17.4. The van der Waals surface area contributed by atoms with E-state index in [-0.39, 0.29) is 33.1 Å². The Kier molecular flexibility index (Phi) is 7.62. The fourth-order valence-corrected chi connectivity index (χ4v) is 6.96. The van der Waals surface area contributed by atoms with Gasteiger partial charge < -0.3 is 5.32 Å². The zero-order valence-electron chi connectivity index (χ0n) is 20.7. The summed E-state index contributed by atoms with van der Waals surface area (Å²) in [4.78, 5) is 20.7. The van der Waals surface area contributed by atoms with Crippen molar-refractivity contribution in [1.82, 2.24) is 14.3 Å². The van der Waals surface area contributed by atoms with Gasteiger partial charge in [0.05, 0.1) is 9.79 Å². The number of nitrogens with zero attached hydrogens (tertiary/aromatic N) is 3. The average Bonchev–Trinajstić information content (AvgIpc) is 2.83. The second kappa shape index (κ2) is 10.6. The summed E-state index contributed by atoms with van der Waals surface area (Å²) in [6.07, 6.45) is 2.45. The number of aromatic nitrogens is 2. The van der Waals surface area contributed by atoms with Crippen LogP contribution in [0.2, 0.25) is 0 Å². The lowest BCUT2D eigenvalue weighted by atomic mass is 9.94. The van der Waals surface area contributed by atoms with Crippen molar-refractivity contribution in [3.63, 3.8) is 0 Å². The van der Waals surface area contributed by atoms with Crippen LogP contribution in [0.5, 0.6) is 0 Å². The lowest BCUT2D eigenvalue weighted by molar-refractivity contribution is 0.102. The molecule has 196 valence electrons. The molecule has 1 amide bonds. The van der Waals surface area contributed by atoms with Crippen LogP contribution in [-0.4, -0.2) is 50.1 Å². The molecule has 37 heavy (non-hydrogen) atoms. The highest BCUT2D eigenvalue weighted by atomic mass is 32.2. The minimum absolute atomic E-state index is 0.0217. The van der Waals surface area contributed by atoms with Crippen molar-refractivity contribution in [3.8, 4) is 0 Å². The number of hydrogen-bond donors (Lipinski definition) is 2. The molecule has 4 rings (SSSR count). The molecule has 0 bridgehead atoms. The van der Waals surface area contributed by atoms with Crippen LogP contribution < -0.4 is 10.0 Å². The maximum Gasteiger partial charge on any atom is 0.264 e. The van der Waals surface area contributed by atoms with Crippen molar-refractivity contribution >= 4 is 37.6 Å². The van der Waals surface area contributed by atoms with Gasteiger partial charge in [-0.25, -0.2) is 31.5 Å². The van der Waals surface area contributed by atoms with E-state index in [2.05, 4.69) is 20.0 Å². The van der Waals surface area contributed by atoms with Crippen molar-refractivity contribution in [2.24, 2.45) is 11.8 Å². The molecule has 0 saturated carbocycles. The Hall–Kier alpha value is -3.35. The molecule has 2 aromatic carbocycles. The van der Waals surface area contributed by atoms with Crippen molar-refractivity contribution in [1.29, 1.82) is 0 Å². The molecule has 1 fully saturated rings. The van der Waals surface area contributed by atoms with Gasteiger partial charge in [0.1, 0.15) is 0 Å². The summed E-state index contributed by atoms with van der Waals surface area (Å²) in [6, 6.07) is 13.1. The smallest absolute Gasteiger partial charge is 0.264 e. The molecule has 0 aliphatic carbocycles. The summed E-state index contributed by atoms with van der Waals surface area (Å²) in [5.41, 5.74) is 1.27. The standard InChI is InChI=1S/C25H29N5O5S2/c1-17-14-18(2)16-30(15-17)37(34,35)23-8-4-20(5-9-23)24(31)28-21-6-10-22(11-7-21)36(32,33)29-25-26-13-12-19(3)27-25/h4-13,17-18H,14-16H2,1-3H3,(H,28,31)(H,26,27,29). The third-order valence-corrected chi connectivity index (χ3v) is 9.22. The van der Waals surface area contributed by atoms with E-state index in [4.69, 9.17) is 0 Å². The predicted molar refractivity (Wildman–Crippen MR) is 140 cm³/mol. The van der Waals surface area contributed by atoms with E-state index in [1.165, 1.54) is 59.0 Å². The number of carbonyl (C=O) groups is 1. The van der Waals surface area contributed by atoms with Gasteiger partial charge in [-0.15, -0.1) is 0 Å². The Morgan fingerprint density at radius 2 is 1.49 bits per heavy atom. The highest BCUT2D eigenvalue weighted by Crippen LogP contribution is 2.27. The number of anilines is 2. The van der Waals surface area contributed by atoms with Crippen molar-refractivity contribution in [3.05, 3.63) is 72.1 Å². The summed E-state index contributed by atoms with van der Waals surface area (Å²) in [7, 11) is -7.55. The number of carbonyl (C=O) groups excluding carboxylic acids is 1. The number of piperidine rings is 1. The van der Waals surface area contributed by atoms with Crippen LogP contribution in [0.4, 0.5) is 11.6 Å². The molecule has 0 spiro atoms. The molecule has 2 unspecified atom stereocenters. The molecule has 2 N–H and O–H groups in total. The monoisotopic (exact) mass is 543 g/mol. The maximum absolute atomic E-state index is 13.1. The molecule has 3 aromatic rings. The van der Waals surface area contributed by atoms with Crippen molar-refractivity contribution < 1.29 is 21.6 Å². The van der Waals surface area contributed by atoms with E-state index in [0.717, 1.165) is 6.42 Å². The molecule has 0 radical (unpaired) electrons. The van der Waals surface area contributed by atoms with E-state index in [1.807, 2.05) is 13.8 Å². The highest BCUT2D eigenvalue weighted by molar-refractivity contribution is 7.92. The van der Waals surface area contributed by atoms with Gasteiger partial charge in [-0.1, -0.05) is 13.8 Å².